The Morgan fingerprint density at radius 2 is 1.88 bits per heavy atom. The molecule has 2 heterocycles. The molecule has 4 rings (SSSR count). The van der Waals surface area contributed by atoms with Crippen molar-refractivity contribution in [1.82, 2.24) is 19.3 Å². The summed E-state index contributed by atoms with van der Waals surface area (Å²) in [5.74, 6) is -0.529. The van der Waals surface area contributed by atoms with Crippen LogP contribution in [0.25, 0.3) is 11.3 Å². The second-order valence-corrected chi connectivity index (χ2v) is 7.91. The number of aryl methyl sites for hydroxylation is 1. The molecule has 2 aromatic carbocycles. The summed E-state index contributed by atoms with van der Waals surface area (Å²) in [5, 5.41) is 13.8. The van der Waals surface area contributed by atoms with Crippen molar-refractivity contribution in [2.24, 2.45) is 7.05 Å². The van der Waals surface area contributed by atoms with Crippen LogP contribution < -0.4 is 15.2 Å². The lowest BCUT2D eigenvalue weighted by Gasteiger charge is -2.11. The third-order valence-corrected chi connectivity index (χ3v) is 5.13. The van der Waals surface area contributed by atoms with Gasteiger partial charge in [0.15, 0.2) is 0 Å². The minimum absolute atomic E-state index is 0.0987. The molecule has 0 saturated carbocycles. The van der Waals surface area contributed by atoms with Gasteiger partial charge in [-0.3, -0.25) is 0 Å². The summed E-state index contributed by atoms with van der Waals surface area (Å²) in [6.45, 7) is 3.90. The number of nitrogens with zero attached hydrogens (tertiary/aromatic N) is 5. The lowest BCUT2D eigenvalue weighted by atomic mass is 10.1. The van der Waals surface area contributed by atoms with E-state index < -0.39 is 11.6 Å². The van der Waals surface area contributed by atoms with Crippen molar-refractivity contribution in [2.75, 3.05) is 5.73 Å². The maximum Gasteiger partial charge on any atom is 0.140 e. The number of nitriles is 1. The zero-order valence-electron chi connectivity index (χ0n) is 18.8. The largest absolute Gasteiger partial charge is 0.487 e. The summed E-state index contributed by atoms with van der Waals surface area (Å²) in [6, 6.07) is 9.87. The molecule has 0 aliphatic heterocycles. The van der Waals surface area contributed by atoms with Crippen LogP contribution >= 0.6 is 0 Å². The van der Waals surface area contributed by atoms with Gasteiger partial charge in [0, 0.05) is 42.9 Å². The minimum atomic E-state index is -0.661. The van der Waals surface area contributed by atoms with E-state index in [0.29, 0.717) is 0 Å². The fourth-order valence-corrected chi connectivity index (χ4v) is 3.39. The molecule has 8 nitrogen and oxygen atoms in total. The molecule has 4 aromatic rings. The third kappa shape index (κ3) is 4.54. The molecule has 2 N–H and O–H groups in total. The van der Waals surface area contributed by atoms with Crippen LogP contribution in [0.3, 0.4) is 0 Å². The highest BCUT2D eigenvalue weighted by Gasteiger charge is 2.21. The monoisotopic (exact) mass is 464 g/mol. The zero-order chi connectivity index (χ0) is 24.4. The van der Waals surface area contributed by atoms with Crippen LogP contribution in [0.2, 0.25) is 0 Å². The summed E-state index contributed by atoms with van der Waals surface area (Å²) in [5.41, 5.74) is 7.17. The number of rotatable bonds is 7. The first-order valence-corrected chi connectivity index (χ1v) is 10.4. The molecule has 10 heteroatoms. The molecule has 2 aromatic heterocycles. The second kappa shape index (κ2) is 9.23. The molecule has 0 fully saturated rings. The number of ether oxygens (including phenoxy) is 2. The molecule has 0 spiro atoms. The Morgan fingerprint density at radius 1 is 1.12 bits per heavy atom. The van der Waals surface area contributed by atoms with E-state index in [-0.39, 0.29) is 52.5 Å². The van der Waals surface area contributed by atoms with E-state index >= 15 is 0 Å². The van der Waals surface area contributed by atoms with Gasteiger partial charge in [-0.15, -0.1) is 0 Å². The Kier molecular flexibility index (Phi) is 6.19. The van der Waals surface area contributed by atoms with Gasteiger partial charge in [0.25, 0.3) is 0 Å². The Labute approximate surface area is 194 Å². The van der Waals surface area contributed by atoms with Gasteiger partial charge in [-0.1, -0.05) is 0 Å². The summed E-state index contributed by atoms with van der Waals surface area (Å²) in [6.07, 6.45) is 3.29. The van der Waals surface area contributed by atoms with Gasteiger partial charge in [0.05, 0.1) is 18.2 Å². The van der Waals surface area contributed by atoms with Crippen molar-refractivity contribution < 1.29 is 18.3 Å². The summed E-state index contributed by atoms with van der Waals surface area (Å²) < 4.78 is 43.7. The van der Waals surface area contributed by atoms with E-state index in [1.165, 1.54) is 35.0 Å². The molecular formula is C24H22F2N6O2. The molecular weight excluding hydrogens is 442 g/mol. The van der Waals surface area contributed by atoms with Crippen molar-refractivity contribution in [3.8, 4) is 34.6 Å². The van der Waals surface area contributed by atoms with Gasteiger partial charge in [-0.25, -0.2) is 18.4 Å². The molecule has 174 valence electrons. The van der Waals surface area contributed by atoms with Gasteiger partial charge in [-0.05, 0) is 26.0 Å². The highest BCUT2D eigenvalue weighted by Crippen LogP contribution is 2.34. The number of anilines is 1. The number of hydrogen-bond donors (Lipinski definition) is 1. The number of hydrogen-bond acceptors (Lipinski definition) is 6. The normalized spacial score (nSPS) is 11.0. The fourth-order valence-electron chi connectivity index (χ4n) is 3.39. The molecule has 0 bridgehead atoms. The number of nitrogens with two attached hydrogens (primary N) is 1. The minimum Gasteiger partial charge on any atom is -0.487 e. The quantitative estimate of drug-likeness (QED) is 0.414. The van der Waals surface area contributed by atoms with Gasteiger partial charge >= 0.3 is 0 Å². The molecule has 0 aliphatic carbocycles. The van der Waals surface area contributed by atoms with Crippen molar-refractivity contribution in [1.29, 1.82) is 5.26 Å². The summed E-state index contributed by atoms with van der Waals surface area (Å²) >= 11 is 0. The van der Waals surface area contributed by atoms with Crippen molar-refractivity contribution >= 4 is 5.82 Å². The SMILES string of the molecule is CC(C)n1nc(-c2ccc(Oc3cc(F)cc(OCc4cncn4C)c3)cc2F)c(C#N)c1N. The maximum absolute atomic E-state index is 15.0. The summed E-state index contributed by atoms with van der Waals surface area (Å²) in [7, 11) is 1.82. The number of nitrogen functional groups attached to an aromatic ring is 1. The standard InChI is InChI=1S/C24H22F2N6O2/c1-14(2)32-24(28)21(10-27)23(30-32)20-5-4-17(9-22(20)26)34-19-7-15(25)6-18(8-19)33-12-16-11-29-13-31(16)3/h4-9,11,13-14H,12,28H2,1-3H3. The van der Waals surface area contributed by atoms with Crippen molar-refractivity contribution in [3.63, 3.8) is 0 Å². The van der Waals surface area contributed by atoms with Crippen LogP contribution in [0.4, 0.5) is 14.6 Å². The van der Waals surface area contributed by atoms with E-state index in [4.69, 9.17) is 15.2 Å². The number of benzene rings is 2. The van der Waals surface area contributed by atoms with Gasteiger partial charge in [0.2, 0.25) is 0 Å². The lowest BCUT2D eigenvalue weighted by molar-refractivity contribution is 0.294. The first kappa shape index (κ1) is 22.8. The van der Waals surface area contributed by atoms with Crippen molar-refractivity contribution in [2.45, 2.75) is 26.5 Å². The Bertz CT molecular complexity index is 1390. The van der Waals surface area contributed by atoms with Gasteiger partial charge in [-0.2, -0.15) is 10.4 Å². The second-order valence-electron chi connectivity index (χ2n) is 7.91. The Hall–Kier alpha value is -4.39. The number of aromatic nitrogens is 4. The number of imidazole rings is 1. The Morgan fingerprint density at radius 3 is 2.53 bits per heavy atom. The topological polar surface area (TPSA) is 104 Å². The maximum atomic E-state index is 15.0. The van der Waals surface area contributed by atoms with Crippen LogP contribution in [0.15, 0.2) is 48.9 Å². The van der Waals surface area contributed by atoms with E-state index in [0.717, 1.165) is 11.8 Å². The van der Waals surface area contributed by atoms with Gasteiger partial charge in [0.1, 0.15) is 58.6 Å². The first-order chi connectivity index (χ1) is 16.3. The average Bonchev–Trinajstić information content (AvgIpc) is 3.34. The van der Waals surface area contributed by atoms with E-state index in [1.54, 1.807) is 17.1 Å². The molecule has 0 radical (unpaired) electrons. The van der Waals surface area contributed by atoms with E-state index in [1.807, 2.05) is 27.0 Å². The predicted octanol–water partition coefficient (Wildman–Crippen LogP) is 4.97. The molecule has 34 heavy (non-hydrogen) atoms. The molecule has 0 amide bonds. The highest BCUT2D eigenvalue weighted by molar-refractivity contribution is 5.73. The van der Waals surface area contributed by atoms with E-state index in [9.17, 15) is 14.0 Å². The van der Waals surface area contributed by atoms with E-state index in [2.05, 4.69) is 10.1 Å². The van der Waals surface area contributed by atoms with Gasteiger partial charge < -0.3 is 19.8 Å². The van der Waals surface area contributed by atoms with Crippen LogP contribution in [0.1, 0.15) is 31.1 Å². The Balaban J connectivity index is 1.57. The first-order valence-electron chi connectivity index (χ1n) is 10.4. The third-order valence-electron chi connectivity index (χ3n) is 5.13. The zero-order valence-corrected chi connectivity index (χ0v) is 18.8. The molecule has 0 saturated heterocycles. The average molecular weight is 464 g/mol. The van der Waals surface area contributed by atoms with Crippen LogP contribution in [0, 0.1) is 23.0 Å². The fraction of sp³-hybridized carbons (Fsp3) is 0.208. The molecule has 0 aliphatic rings. The van der Waals surface area contributed by atoms with Crippen LogP contribution in [0.5, 0.6) is 17.2 Å². The number of halogens is 2. The lowest BCUT2D eigenvalue weighted by Crippen LogP contribution is -2.07. The van der Waals surface area contributed by atoms with Crippen LogP contribution in [-0.4, -0.2) is 19.3 Å². The summed E-state index contributed by atoms with van der Waals surface area (Å²) in [4.78, 5) is 4.01. The van der Waals surface area contributed by atoms with Crippen LogP contribution in [-0.2, 0) is 13.7 Å². The van der Waals surface area contributed by atoms with Crippen molar-refractivity contribution in [3.05, 3.63) is 71.8 Å². The molecule has 0 unspecified atom stereocenters. The smallest absolute Gasteiger partial charge is 0.140 e. The highest BCUT2D eigenvalue weighted by atomic mass is 19.1. The molecule has 0 atom stereocenters. The predicted molar refractivity (Wildman–Crippen MR) is 121 cm³/mol.